The van der Waals surface area contributed by atoms with Gasteiger partial charge in [-0.2, -0.15) is 0 Å². The summed E-state index contributed by atoms with van der Waals surface area (Å²) in [6.45, 7) is 2.33. The molecule has 0 saturated heterocycles. The summed E-state index contributed by atoms with van der Waals surface area (Å²) < 4.78 is 2.32. The van der Waals surface area contributed by atoms with Crippen molar-refractivity contribution in [2.45, 2.75) is 12.8 Å². The molecule has 2 atom stereocenters. The molecule has 46 heavy (non-hydrogen) atoms. The van der Waals surface area contributed by atoms with Crippen molar-refractivity contribution < 1.29 is 0 Å². The molecule has 0 bridgehead atoms. The number of allylic oxidation sites excluding steroid dienone is 6. The molecule has 6 aromatic rings. The maximum atomic E-state index is 5.23. The summed E-state index contributed by atoms with van der Waals surface area (Å²) in [4.78, 5) is 10.3. The van der Waals surface area contributed by atoms with Crippen LogP contribution in [0.1, 0.15) is 35.2 Å². The molecule has 3 heteroatoms. The van der Waals surface area contributed by atoms with Crippen molar-refractivity contribution in [2.75, 3.05) is 0 Å². The lowest BCUT2D eigenvalue weighted by Gasteiger charge is -2.37. The molecule has 2 unspecified atom stereocenters. The largest absolute Gasteiger partial charge is 0.294 e. The molecule has 9 rings (SSSR count). The van der Waals surface area contributed by atoms with Gasteiger partial charge in [-0.25, -0.2) is 9.97 Å². The summed E-state index contributed by atoms with van der Waals surface area (Å²) in [6.07, 6.45) is 13.7. The molecule has 0 radical (unpaired) electrons. The van der Waals surface area contributed by atoms with Gasteiger partial charge in [0.15, 0.2) is 5.82 Å². The number of fused-ring (bicyclic) bond motifs is 6. The molecular weight excluding hydrogens is 558 g/mol. The van der Waals surface area contributed by atoms with Gasteiger partial charge in [0.2, 0.25) is 0 Å². The number of nitrogens with zero attached hydrogens (tertiary/aromatic N) is 3. The topological polar surface area (TPSA) is 30.7 Å². The molecule has 2 aromatic heterocycles. The molecule has 0 saturated carbocycles. The predicted octanol–water partition coefficient (Wildman–Crippen LogP) is 10.2. The molecular formula is C43H29N3. The number of rotatable bonds is 4. The molecule has 0 aliphatic heterocycles. The zero-order valence-corrected chi connectivity index (χ0v) is 25.4. The fourth-order valence-electron chi connectivity index (χ4n) is 7.14. The summed E-state index contributed by atoms with van der Waals surface area (Å²) in [7, 11) is 0. The SMILES string of the molecule is CC12C=CC(C3=C=C=Cc4ccccc43)=CC1c1c(n(-c3cc(-c4ccccc4)nc(-c4ccccc4)n3)c3ccccc13)C=C2. The molecule has 0 N–H and O–H groups in total. The van der Waals surface area contributed by atoms with Crippen LogP contribution in [-0.4, -0.2) is 14.5 Å². The lowest BCUT2D eigenvalue weighted by Crippen LogP contribution is -2.26. The second kappa shape index (κ2) is 10.3. The van der Waals surface area contributed by atoms with Crippen molar-refractivity contribution in [2.24, 2.45) is 5.41 Å². The molecule has 3 aliphatic rings. The third kappa shape index (κ3) is 4.15. The van der Waals surface area contributed by atoms with E-state index in [9.17, 15) is 0 Å². The Kier molecular flexibility index (Phi) is 5.91. The maximum absolute atomic E-state index is 5.23. The zero-order chi connectivity index (χ0) is 30.7. The number of para-hydroxylation sites is 1. The van der Waals surface area contributed by atoms with Crippen molar-refractivity contribution >= 4 is 28.6 Å². The summed E-state index contributed by atoms with van der Waals surface area (Å²) in [6, 6.07) is 40.0. The minimum atomic E-state index is -0.171. The summed E-state index contributed by atoms with van der Waals surface area (Å²) in [5, 5.41) is 1.23. The highest BCUT2D eigenvalue weighted by Crippen LogP contribution is 2.52. The first-order valence-electron chi connectivity index (χ1n) is 15.7. The predicted molar refractivity (Wildman–Crippen MR) is 188 cm³/mol. The van der Waals surface area contributed by atoms with Crippen molar-refractivity contribution in [3.8, 4) is 28.5 Å². The van der Waals surface area contributed by atoms with Gasteiger partial charge in [-0.1, -0.05) is 146 Å². The highest BCUT2D eigenvalue weighted by atomic mass is 15.1. The number of aromatic nitrogens is 3. The standard InChI is InChI=1S/C43H29N3/c1-43-25-23-32(34-21-12-18-29-13-8-9-19-33(29)34)27-36(43)41-35-20-10-11-22-38(35)46(39(41)24-26-43)40-28-37(30-14-4-2-5-15-30)44-42(45-40)31-16-6-3-7-17-31/h2-11,13-20,22-28,36H,1H3. The van der Waals surface area contributed by atoms with E-state index in [4.69, 9.17) is 9.97 Å². The van der Waals surface area contributed by atoms with Crippen LogP contribution < -0.4 is 0 Å². The van der Waals surface area contributed by atoms with Crippen LogP contribution in [0.25, 0.3) is 57.1 Å². The number of benzene rings is 4. The summed E-state index contributed by atoms with van der Waals surface area (Å²) in [5.41, 5.74) is 17.7. The van der Waals surface area contributed by atoms with Crippen molar-refractivity contribution in [3.05, 3.63) is 179 Å². The van der Waals surface area contributed by atoms with E-state index in [-0.39, 0.29) is 11.3 Å². The van der Waals surface area contributed by atoms with Crippen molar-refractivity contribution in [1.29, 1.82) is 0 Å². The lowest BCUT2D eigenvalue weighted by molar-refractivity contribution is 0.480. The van der Waals surface area contributed by atoms with Gasteiger partial charge in [0.05, 0.1) is 16.9 Å². The van der Waals surface area contributed by atoms with Crippen LogP contribution in [0.15, 0.2) is 157 Å². The van der Waals surface area contributed by atoms with Crippen LogP contribution in [0, 0.1) is 5.41 Å². The second-order valence-corrected chi connectivity index (χ2v) is 12.3. The average Bonchev–Trinajstić information content (AvgIpc) is 3.46. The zero-order valence-electron chi connectivity index (χ0n) is 25.4. The van der Waals surface area contributed by atoms with E-state index in [1.54, 1.807) is 0 Å². The van der Waals surface area contributed by atoms with Crippen LogP contribution >= 0.6 is 0 Å². The maximum Gasteiger partial charge on any atom is 0.162 e. The summed E-state index contributed by atoms with van der Waals surface area (Å²) in [5.74, 6) is 1.68. The first-order chi connectivity index (χ1) is 22.7. The monoisotopic (exact) mass is 587 g/mol. The van der Waals surface area contributed by atoms with Crippen molar-refractivity contribution in [3.63, 3.8) is 0 Å². The Morgan fingerprint density at radius 2 is 1.46 bits per heavy atom. The Balaban J connectivity index is 1.27. The Bertz CT molecular complexity index is 2330. The number of hydrogen-bond acceptors (Lipinski definition) is 2. The Morgan fingerprint density at radius 1 is 0.739 bits per heavy atom. The fourth-order valence-corrected chi connectivity index (χ4v) is 7.14. The van der Waals surface area contributed by atoms with Crippen LogP contribution in [0.4, 0.5) is 0 Å². The van der Waals surface area contributed by atoms with E-state index in [1.807, 2.05) is 30.3 Å². The molecule has 2 heterocycles. The normalized spacial score (nSPS) is 18.9. The second-order valence-electron chi connectivity index (χ2n) is 12.3. The highest BCUT2D eigenvalue weighted by Gasteiger charge is 2.39. The van der Waals surface area contributed by atoms with Crippen molar-refractivity contribution in [1.82, 2.24) is 14.5 Å². The van der Waals surface area contributed by atoms with E-state index < -0.39 is 0 Å². The van der Waals surface area contributed by atoms with Gasteiger partial charge in [-0.05, 0) is 40.5 Å². The smallest absolute Gasteiger partial charge is 0.162 e. The summed E-state index contributed by atoms with van der Waals surface area (Å²) >= 11 is 0. The van der Waals surface area contributed by atoms with Gasteiger partial charge < -0.3 is 0 Å². The van der Waals surface area contributed by atoms with Crippen LogP contribution in [-0.2, 0) is 0 Å². The first-order valence-corrected chi connectivity index (χ1v) is 15.7. The molecule has 0 amide bonds. The van der Waals surface area contributed by atoms with Crippen LogP contribution in [0.3, 0.4) is 0 Å². The van der Waals surface area contributed by atoms with Gasteiger partial charge in [-0.15, -0.1) is 0 Å². The quantitative estimate of drug-likeness (QED) is 0.192. The molecule has 0 spiro atoms. The molecule has 3 aliphatic carbocycles. The van der Waals surface area contributed by atoms with Crippen LogP contribution in [0.5, 0.6) is 0 Å². The van der Waals surface area contributed by atoms with Gasteiger partial charge in [0, 0.05) is 39.5 Å². The molecule has 4 aromatic carbocycles. The molecule has 0 fully saturated rings. The highest BCUT2D eigenvalue weighted by molar-refractivity contribution is 5.94. The van der Waals surface area contributed by atoms with Gasteiger partial charge in [0.1, 0.15) is 5.82 Å². The van der Waals surface area contributed by atoms with E-state index in [1.165, 1.54) is 27.6 Å². The minimum absolute atomic E-state index is 0.120. The first kappa shape index (κ1) is 26.4. The Morgan fingerprint density at radius 3 is 2.30 bits per heavy atom. The average molecular weight is 588 g/mol. The van der Waals surface area contributed by atoms with Gasteiger partial charge >= 0.3 is 0 Å². The third-order valence-corrected chi connectivity index (χ3v) is 9.49. The molecule has 3 nitrogen and oxygen atoms in total. The lowest BCUT2D eigenvalue weighted by atomic mass is 9.66. The Hall–Kier alpha value is -5.98. The number of hydrogen-bond donors (Lipinski definition) is 0. The minimum Gasteiger partial charge on any atom is -0.294 e. The molecule has 216 valence electrons. The van der Waals surface area contributed by atoms with Crippen LogP contribution in [0.2, 0.25) is 0 Å². The van der Waals surface area contributed by atoms with Gasteiger partial charge in [-0.3, -0.25) is 4.57 Å². The van der Waals surface area contributed by atoms with E-state index >= 15 is 0 Å². The van der Waals surface area contributed by atoms with Gasteiger partial charge in [0.25, 0.3) is 0 Å². The van der Waals surface area contributed by atoms with E-state index in [2.05, 4.69) is 144 Å². The third-order valence-electron chi connectivity index (χ3n) is 9.49. The Labute approximate surface area is 268 Å². The van der Waals surface area contributed by atoms with E-state index in [0.29, 0.717) is 5.82 Å². The van der Waals surface area contributed by atoms with E-state index in [0.717, 1.165) is 39.4 Å². The fraction of sp³-hybridized carbons (Fsp3) is 0.0698.